The van der Waals surface area contributed by atoms with Crippen LogP contribution in [-0.2, 0) is 4.74 Å². The number of hydrogen-bond donors (Lipinski definition) is 2. The van der Waals surface area contributed by atoms with Crippen molar-refractivity contribution in [1.82, 2.24) is 4.98 Å². The Balaban J connectivity index is 2.37. The molecule has 0 aliphatic carbocycles. The van der Waals surface area contributed by atoms with Crippen LogP contribution < -0.4 is 11.3 Å². The predicted octanol–water partition coefficient (Wildman–Crippen LogP) is 2.58. The molecule has 0 aliphatic rings. The van der Waals surface area contributed by atoms with Crippen LogP contribution in [0.1, 0.15) is 31.1 Å². The molecule has 0 radical (unpaired) electrons. The molecule has 0 aliphatic heterocycles. The average molecular weight is 286 g/mol. The predicted molar refractivity (Wildman–Crippen MR) is 82.1 cm³/mol. The lowest BCUT2D eigenvalue weighted by molar-refractivity contribution is 0.00696. The van der Waals surface area contributed by atoms with E-state index in [4.69, 9.17) is 10.5 Å². The van der Waals surface area contributed by atoms with Crippen LogP contribution in [0.2, 0.25) is 0 Å². The quantitative estimate of drug-likeness (QED) is 0.656. The topological polar surface area (TPSA) is 85.2 Å². The van der Waals surface area contributed by atoms with Crippen LogP contribution in [0.25, 0.3) is 11.1 Å². The molecule has 3 N–H and O–H groups in total. The van der Waals surface area contributed by atoms with Crippen molar-refractivity contribution in [3.8, 4) is 11.1 Å². The molecule has 1 aromatic heterocycles. The number of H-pyrrole nitrogens is 1. The standard InChI is InChI=1S/C16H18N2O3/c1-16(2,3)21-15(20)10-6-7-11(13(17)9-10)12-5-4-8-18-14(12)19/h4-9H,17H2,1-3H3,(H,18,19). The zero-order valence-electron chi connectivity index (χ0n) is 12.3. The molecule has 110 valence electrons. The number of benzene rings is 1. The van der Waals surface area contributed by atoms with Crippen LogP contribution in [0.3, 0.4) is 0 Å². The number of carbonyl (C=O) groups is 1. The van der Waals surface area contributed by atoms with E-state index >= 15 is 0 Å². The van der Waals surface area contributed by atoms with Crippen molar-refractivity contribution in [3.63, 3.8) is 0 Å². The number of hydrogen-bond acceptors (Lipinski definition) is 4. The minimum Gasteiger partial charge on any atom is -0.456 e. The lowest BCUT2D eigenvalue weighted by Crippen LogP contribution is -2.24. The first kappa shape index (κ1) is 14.8. The summed E-state index contributed by atoms with van der Waals surface area (Å²) in [6.45, 7) is 5.39. The Morgan fingerprint density at radius 2 is 1.90 bits per heavy atom. The normalized spacial score (nSPS) is 11.2. The van der Waals surface area contributed by atoms with E-state index in [1.807, 2.05) is 0 Å². The number of aromatic amines is 1. The third-order valence-corrected chi connectivity index (χ3v) is 2.79. The molecule has 21 heavy (non-hydrogen) atoms. The Morgan fingerprint density at radius 3 is 2.48 bits per heavy atom. The Labute approximate surface area is 122 Å². The van der Waals surface area contributed by atoms with Crippen LogP contribution >= 0.6 is 0 Å². The van der Waals surface area contributed by atoms with Gasteiger partial charge in [-0.25, -0.2) is 4.79 Å². The fraction of sp³-hybridized carbons (Fsp3) is 0.250. The average Bonchev–Trinajstić information content (AvgIpc) is 2.38. The van der Waals surface area contributed by atoms with E-state index in [9.17, 15) is 9.59 Å². The van der Waals surface area contributed by atoms with Crippen molar-refractivity contribution in [2.75, 3.05) is 5.73 Å². The van der Waals surface area contributed by atoms with Gasteiger partial charge in [0.2, 0.25) is 0 Å². The fourth-order valence-corrected chi connectivity index (χ4v) is 1.91. The molecule has 0 spiro atoms. The molecule has 1 aromatic carbocycles. The molecule has 1 heterocycles. The van der Waals surface area contributed by atoms with E-state index in [-0.39, 0.29) is 5.56 Å². The zero-order chi connectivity index (χ0) is 15.6. The second-order valence-electron chi connectivity index (χ2n) is 5.72. The second kappa shape index (κ2) is 5.44. The summed E-state index contributed by atoms with van der Waals surface area (Å²) in [5, 5.41) is 0. The molecule has 0 unspecified atom stereocenters. The van der Waals surface area contributed by atoms with Gasteiger partial charge >= 0.3 is 5.97 Å². The largest absolute Gasteiger partial charge is 0.456 e. The molecule has 0 bridgehead atoms. The molecule has 5 nitrogen and oxygen atoms in total. The van der Waals surface area contributed by atoms with Gasteiger partial charge < -0.3 is 15.5 Å². The summed E-state index contributed by atoms with van der Waals surface area (Å²) in [6.07, 6.45) is 1.55. The third-order valence-electron chi connectivity index (χ3n) is 2.79. The van der Waals surface area contributed by atoms with Crippen molar-refractivity contribution in [1.29, 1.82) is 0 Å². The first-order valence-electron chi connectivity index (χ1n) is 6.59. The number of aromatic nitrogens is 1. The highest BCUT2D eigenvalue weighted by atomic mass is 16.6. The van der Waals surface area contributed by atoms with E-state index in [0.29, 0.717) is 22.4 Å². The number of carbonyl (C=O) groups excluding carboxylic acids is 1. The fourth-order valence-electron chi connectivity index (χ4n) is 1.91. The number of ether oxygens (including phenoxy) is 1. The maximum Gasteiger partial charge on any atom is 0.338 e. The number of nitrogens with one attached hydrogen (secondary N) is 1. The number of nitrogen functional groups attached to an aromatic ring is 1. The number of nitrogens with two attached hydrogens (primary N) is 1. The lowest BCUT2D eigenvalue weighted by Gasteiger charge is -2.19. The van der Waals surface area contributed by atoms with E-state index in [2.05, 4.69) is 4.98 Å². The molecular weight excluding hydrogens is 268 g/mol. The van der Waals surface area contributed by atoms with E-state index < -0.39 is 11.6 Å². The minimum atomic E-state index is -0.568. The third kappa shape index (κ3) is 3.51. The molecule has 0 saturated heterocycles. The van der Waals surface area contributed by atoms with Crippen molar-refractivity contribution in [3.05, 3.63) is 52.4 Å². The highest BCUT2D eigenvalue weighted by Crippen LogP contribution is 2.25. The Morgan fingerprint density at radius 1 is 1.19 bits per heavy atom. The summed E-state index contributed by atoms with van der Waals surface area (Å²) in [5.74, 6) is -0.442. The minimum absolute atomic E-state index is 0.228. The monoisotopic (exact) mass is 286 g/mol. The number of anilines is 1. The molecule has 0 atom stereocenters. The molecule has 5 heteroatoms. The van der Waals surface area contributed by atoms with Gasteiger partial charge in [0.25, 0.3) is 5.56 Å². The van der Waals surface area contributed by atoms with Crippen molar-refractivity contribution in [2.45, 2.75) is 26.4 Å². The summed E-state index contributed by atoms with van der Waals surface area (Å²) >= 11 is 0. The molecule has 0 saturated carbocycles. The van der Waals surface area contributed by atoms with Crippen molar-refractivity contribution >= 4 is 11.7 Å². The lowest BCUT2D eigenvalue weighted by atomic mass is 10.0. The SMILES string of the molecule is CC(C)(C)OC(=O)c1ccc(-c2ccc[nH]c2=O)c(N)c1. The Bertz CT molecular complexity index is 727. The molecule has 0 fully saturated rings. The summed E-state index contributed by atoms with van der Waals surface area (Å²) < 4.78 is 5.29. The number of esters is 1. The summed E-state index contributed by atoms with van der Waals surface area (Å²) in [7, 11) is 0. The zero-order valence-corrected chi connectivity index (χ0v) is 12.3. The van der Waals surface area contributed by atoms with Gasteiger partial charge in [-0.15, -0.1) is 0 Å². The Kier molecular flexibility index (Phi) is 3.84. The van der Waals surface area contributed by atoms with E-state index in [0.717, 1.165) is 0 Å². The van der Waals surface area contributed by atoms with Gasteiger partial charge in [0, 0.05) is 23.0 Å². The van der Waals surface area contributed by atoms with Gasteiger partial charge in [0.1, 0.15) is 5.60 Å². The molecule has 0 amide bonds. The van der Waals surface area contributed by atoms with Crippen LogP contribution in [-0.4, -0.2) is 16.6 Å². The van der Waals surface area contributed by atoms with Gasteiger partial charge in [-0.1, -0.05) is 6.07 Å². The van der Waals surface area contributed by atoms with Crippen molar-refractivity contribution < 1.29 is 9.53 Å². The Hall–Kier alpha value is -2.56. The molecular formula is C16H18N2O3. The highest BCUT2D eigenvalue weighted by molar-refractivity contribution is 5.92. The summed E-state index contributed by atoms with van der Waals surface area (Å²) in [5.41, 5.74) is 6.93. The number of rotatable bonds is 2. The van der Waals surface area contributed by atoms with Gasteiger partial charge in [0.05, 0.1) is 5.56 Å². The van der Waals surface area contributed by atoms with Crippen LogP contribution in [0, 0.1) is 0 Å². The van der Waals surface area contributed by atoms with E-state index in [1.54, 1.807) is 51.2 Å². The molecule has 2 rings (SSSR count). The molecule has 2 aromatic rings. The number of pyridine rings is 1. The highest BCUT2D eigenvalue weighted by Gasteiger charge is 2.19. The first-order valence-corrected chi connectivity index (χ1v) is 6.59. The van der Waals surface area contributed by atoms with Gasteiger partial charge in [-0.2, -0.15) is 0 Å². The smallest absolute Gasteiger partial charge is 0.338 e. The second-order valence-corrected chi connectivity index (χ2v) is 5.72. The van der Waals surface area contributed by atoms with Crippen molar-refractivity contribution in [2.24, 2.45) is 0 Å². The van der Waals surface area contributed by atoms with Gasteiger partial charge in [0.15, 0.2) is 0 Å². The maximum absolute atomic E-state index is 12.0. The van der Waals surface area contributed by atoms with E-state index in [1.165, 1.54) is 6.07 Å². The van der Waals surface area contributed by atoms with Crippen LogP contribution in [0.15, 0.2) is 41.3 Å². The van der Waals surface area contributed by atoms with Gasteiger partial charge in [-0.05, 0) is 45.0 Å². The van der Waals surface area contributed by atoms with Crippen LogP contribution in [0.5, 0.6) is 0 Å². The maximum atomic E-state index is 12.0. The van der Waals surface area contributed by atoms with Crippen LogP contribution in [0.4, 0.5) is 5.69 Å². The summed E-state index contributed by atoms with van der Waals surface area (Å²) in [4.78, 5) is 26.3. The van der Waals surface area contributed by atoms with Gasteiger partial charge in [-0.3, -0.25) is 4.79 Å². The summed E-state index contributed by atoms with van der Waals surface area (Å²) in [6, 6.07) is 8.18. The first-order chi connectivity index (χ1) is 9.78.